The number of aromatic nitrogens is 3. The lowest BCUT2D eigenvalue weighted by molar-refractivity contribution is 0.785. The Morgan fingerprint density at radius 3 is 2.50 bits per heavy atom. The van der Waals surface area contributed by atoms with Crippen molar-refractivity contribution in [2.45, 2.75) is 40.5 Å². The number of rotatable bonds is 3. The van der Waals surface area contributed by atoms with Crippen molar-refractivity contribution < 1.29 is 0 Å². The molecule has 2 rings (SSSR count). The van der Waals surface area contributed by atoms with Crippen molar-refractivity contribution >= 4 is 11.3 Å². The molecule has 0 N–H and O–H groups in total. The largest absolute Gasteiger partial charge is 0.223 e. The van der Waals surface area contributed by atoms with E-state index < -0.39 is 0 Å². The van der Waals surface area contributed by atoms with Crippen LogP contribution in [0.1, 0.15) is 35.8 Å². The van der Waals surface area contributed by atoms with Crippen LogP contribution in [0.15, 0.2) is 6.07 Å². The highest BCUT2D eigenvalue weighted by Crippen LogP contribution is 2.22. The van der Waals surface area contributed by atoms with Gasteiger partial charge in [0.15, 0.2) is 0 Å². The van der Waals surface area contributed by atoms with Crippen LogP contribution in [-0.4, -0.2) is 14.8 Å². The monoisotopic (exact) mass is 235 g/mol. The summed E-state index contributed by atoms with van der Waals surface area (Å²) in [5, 5.41) is 5.58. The second kappa shape index (κ2) is 4.37. The van der Waals surface area contributed by atoms with E-state index in [9.17, 15) is 0 Å². The maximum atomic E-state index is 4.59. The Morgan fingerprint density at radius 2 is 2.00 bits per heavy atom. The lowest BCUT2D eigenvalue weighted by atomic mass is 10.3. The second-order valence-corrected chi connectivity index (χ2v) is 5.07. The maximum Gasteiger partial charge on any atom is 0.211 e. The van der Waals surface area contributed by atoms with Crippen molar-refractivity contribution in [3.63, 3.8) is 0 Å². The molecular formula is C12H17N3S. The quantitative estimate of drug-likeness (QED) is 0.818. The number of aryl methyl sites for hydroxylation is 4. The smallest absolute Gasteiger partial charge is 0.211 e. The predicted molar refractivity (Wildman–Crippen MR) is 67.5 cm³/mol. The molecule has 0 saturated heterocycles. The van der Waals surface area contributed by atoms with Crippen LogP contribution < -0.4 is 0 Å². The van der Waals surface area contributed by atoms with E-state index in [4.69, 9.17) is 0 Å². The van der Waals surface area contributed by atoms with Gasteiger partial charge < -0.3 is 0 Å². The van der Waals surface area contributed by atoms with Gasteiger partial charge in [0.05, 0.1) is 11.4 Å². The molecule has 0 aromatic carbocycles. The van der Waals surface area contributed by atoms with Gasteiger partial charge in [0.25, 0.3) is 0 Å². The van der Waals surface area contributed by atoms with E-state index in [2.05, 4.69) is 36.9 Å². The first kappa shape index (κ1) is 11.3. The molecule has 0 fully saturated rings. The van der Waals surface area contributed by atoms with Crippen LogP contribution in [0.4, 0.5) is 0 Å². The molecule has 16 heavy (non-hydrogen) atoms. The van der Waals surface area contributed by atoms with Crippen LogP contribution in [0.3, 0.4) is 0 Å². The highest BCUT2D eigenvalue weighted by molar-refractivity contribution is 7.14. The van der Waals surface area contributed by atoms with Gasteiger partial charge in [0.1, 0.15) is 0 Å². The van der Waals surface area contributed by atoms with Gasteiger partial charge in [0.2, 0.25) is 5.13 Å². The summed E-state index contributed by atoms with van der Waals surface area (Å²) >= 11 is 1.71. The van der Waals surface area contributed by atoms with Crippen molar-refractivity contribution in [1.82, 2.24) is 14.8 Å². The van der Waals surface area contributed by atoms with Crippen LogP contribution in [0.2, 0.25) is 0 Å². The molecule has 0 aliphatic heterocycles. The molecule has 0 saturated carbocycles. The molecule has 0 unspecified atom stereocenters. The summed E-state index contributed by atoms with van der Waals surface area (Å²) in [6, 6.07) is 2.17. The van der Waals surface area contributed by atoms with Gasteiger partial charge >= 0.3 is 0 Å². The molecule has 0 atom stereocenters. The minimum absolute atomic E-state index is 0.976. The first-order chi connectivity index (χ1) is 7.65. The van der Waals surface area contributed by atoms with Crippen molar-refractivity contribution in [2.24, 2.45) is 0 Å². The van der Waals surface area contributed by atoms with Gasteiger partial charge in [-0.1, -0.05) is 25.2 Å². The number of thiazole rings is 1. The van der Waals surface area contributed by atoms with Crippen LogP contribution >= 0.6 is 11.3 Å². The molecular weight excluding hydrogens is 218 g/mol. The molecule has 2 aromatic heterocycles. The Hall–Kier alpha value is -1.16. The molecule has 0 aliphatic rings. The minimum atomic E-state index is 0.976. The molecule has 2 aromatic rings. The average molecular weight is 235 g/mol. The standard InChI is InChI=1S/C12H17N3S/c1-5-10-7-11(6-2)15(14-10)12-13-8(3)9(4)16-12/h7H,5-6H2,1-4H3. The zero-order valence-corrected chi connectivity index (χ0v) is 11.1. The fraction of sp³-hybridized carbons (Fsp3) is 0.500. The SMILES string of the molecule is CCc1cc(CC)n(-c2nc(C)c(C)s2)n1. The van der Waals surface area contributed by atoms with Crippen molar-refractivity contribution in [1.29, 1.82) is 0 Å². The summed E-state index contributed by atoms with van der Waals surface area (Å²) in [5.41, 5.74) is 3.49. The second-order valence-electron chi connectivity index (χ2n) is 3.88. The fourth-order valence-electron chi connectivity index (χ4n) is 1.61. The zero-order valence-electron chi connectivity index (χ0n) is 10.2. The maximum absolute atomic E-state index is 4.59. The highest BCUT2D eigenvalue weighted by Gasteiger charge is 2.11. The van der Waals surface area contributed by atoms with Crippen molar-refractivity contribution in [2.75, 3.05) is 0 Å². The first-order valence-electron chi connectivity index (χ1n) is 5.67. The molecule has 0 aliphatic carbocycles. The van der Waals surface area contributed by atoms with Gasteiger partial charge in [-0.2, -0.15) is 5.10 Å². The van der Waals surface area contributed by atoms with Gasteiger partial charge in [-0.3, -0.25) is 0 Å². The van der Waals surface area contributed by atoms with E-state index in [1.54, 1.807) is 11.3 Å². The summed E-state index contributed by atoms with van der Waals surface area (Å²) < 4.78 is 1.99. The molecule has 0 spiro atoms. The summed E-state index contributed by atoms with van der Waals surface area (Å²) in [6.45, 7) is 8.43. The molecule has 4 heteroatoms. The van der Waals surface area contributed by atoms with Crippen LogP contribution in [0.25, 0.3) is 5.13 Å². The fourth-order valence-corrected chi connectivity index (χ4v) is 2.51. The Kier molecular flexibility index (Phi) is 3.10. The van der Waals surface area contributed by atoms with E-state index in [0.717, 1.165) is 29.4 Å². The third-order valence-electron chi connectivity index (χ3n) is 2.76. The lowest BCUT2D eigenvalue weighted by Gasteiger charge is -1.99. The predicted octanol–water partition coefficient (Wildman–Crippen LogP) is 3.07. The number of hydrogen-bond acceptors (Lipinski definition) is 3. The summed E-state index contributed by atoms with van der Waals surface area (Å²) in [6.07, 6.45) is 1.97. The van der Waals surface area contributed by atoms with E-state index in [1.165, 1.54) is 10.6 Å². The third kappa shape index (κ3) is 1.89. The lowest BCUT2D eigenvalue weighted by Crippen LogP contribution is -2.00. The van der Waals surface area contributed by atoms with Gasteiger partial charge in [0, 0.05) is 10.6 Å². The highest BCUT2D eigenvalue weighted by atomic mass is 32.1. The molecule has 3 nitrogen and oxygen atoms in total. The molecule has 0 amide bonds. The van der Waals surface area contributed by atoms with Crippen molar-refractivity contribution in [3.05, 3.63) is 28.0 Å². The zero-order chi connectivity index (χ0) is 11.7. The van der Waals surface area contributed by atoms with E-state index >= 15 is 0 Å². The first-order valence-corrected chi connectivity index (χ1v) is 6.49. The molecule has 2 heterocycles. The summed E-state index contributed by atoms with van der Waals surface area (Å²) in [4.78, 5) is 5.82. The molecule has 0 bridgehead atoms. The van der Waals surface area contributed by atoms with E-state index in [0.29, 0.717) is 0 Å². The Bertz CT molecular complexity index is 477. The Labute approximate surface area is 100 Å². The molecule has 86 valence electrons. The van der Waals surface area contributed by atoms with Crippen LogP contribution in [-0.2, 0) is 12.8 Å². The average Bonchev–Trinajstić information content (AvgIpc) is 2.83. The molecule has 0 radical (unpaired) electrons. The Morgan fingerprint density at radius 1 is 1.25 bits per heavy atom. The number of hydrogen-bond donors (Lipinski definition) is 0. The normalized spacial score (nSPS) is 11.0. The third-order valence-corrected chi connectivity index (χ3v) is 3.81. The van der Waals surface area contributed by atoms with E-state index in [-0.39, 0.29) is 0 Å². The van der Waals surface area contributed by atoms with Crippen LogP contribution in [0, 0.1) is 13.8 Å². The minimum Gasteiger partial charge on any atom is -0.223 e. The van der Waals surface area contributed by atoms with E-state index in [1.807, 2.05) is 11.6 Å². The van der Waals surface area contributed by atoms with Crippen molar-refractivity contribution in [3.8, 4) is 5.13 Å². The summed E-state index contributed by atoms with van der Waals surface area (Å²) in [5.74, 6) is 0. The summed E-state index contributed by atoms with van der Waals surface area (Å²) in [7, 11) is 0. The van der Waals surface area contributed by atoms with Gasteiger partial charge in [-0.05, 0) is 32.8 Å². The van der Waals surface area contributed by atoms with Gasteiger partial charge in [-0.15, -0.1) is 0 Å². The Balaban J connectivity index is 2.49. The van der Waals surface area contributed by atoms with Gasteiger partial charge in [-0.25, -0.2) is 9.67 Å². The number of nitrogens with zero attached hydrogens (tertiary/aromatic N) is 3. The van der Waals surface area contributed by atoms with Crippen LogP contribution in [0.5, 0.6) is 0 Å². The topological polar surface area (TPSA) is 30.7 Å².